The molecule has 1 amide bonds. The van der Waals surface area contributed by atoms with Gasteiger partial charge in [-0.25, -0.2) is 9.97 Å². The minimum Gasteiger partial charge on any atom is -0.347 e. The third-order valence-corrected chi connectivity index (χ3v) is 4.30. The zero-order valence-corrected chi connectivity index (χ0v) is 15.5. The molecule has 1 heterocycles. The molecule has 0 fully saturated rings. The Morgan fingerprint density at radius 1 is 1.00 bits per heavy atom. The molecule has 0 aliphatic heterocycles. The number of carbonyl (C=O) groups excluding carboxylic acids is 1. The molecule has 5 nitrogen and oxygen atoms in total. The van der Waals surface area contributed by atoms with E-state index < -0.39 is 0 Å². The van der Waals surface area contributed by atoms with E-state index in [4.69, 9.17) is 23.2 Å². The van der Waals surface area contributed by atoms with Crippen LogP contribution in [0.4, 0.5) is 11.6 Å². The van der Waals surface area contributed by atoms with Gasteiger partial charge in [0.05, 0.1) is 10.0 Å². The fourth-order valence-corrected chi connectivity index (χ4v) is 2.61. The van der Waals surface area contributed by atoms with Crippen molar-refractivity contribution in [3.8, 4) is 0 Å². The molecular formula is C19H16Cl2N4O. The number of halogens is 2. The Balaban J connectivity index is 1.74. The van der Waals surface area contributed by atoms with Gasteiger partial charge in [-0.2, -0.15) is 0 Å². The summed E-state index contributed by atoms with van der Waals surface area (Å²) in [5.41, 5.74) is 2.66. The van der Waals surface area contributed by atoms with E-state index in [0.29, 0.717) is 33.9 Å². The summed E-state index contributed by atoms with van der Waals surface area (Å²) in [6, 6.07) is 16.4. The Bertz CT molecular complexity index is 932. The summed E-state index contributed by atoms with van der Waals surface area (Å²) in [6.07, 6.45) is 0. The highest BCUT2D eigenvalue weighted by Crippen LogP contribution is 2.26. The molecule has 1 aromatic heterocycles. The Labute approximate surface area is 161 Å². The highest BCUT2D eigenvalue weighted by Gasteiger charge is 2.11. The first-order chi connectivity index (χ1) is 12.5. The summed E-state index contributed by atoms with van der Waals surface area (Å²) in [4.78, 5) is 21.0. The van der Waals surface area contributed by atoms with E-state index in [1.54, 1.807) is 31.2 Å². The van der Waals surface area contributed by atoms with Crippen LogP contribution in [0.15, 0.2) is 54.6 Å². The number of aromatic nitrogens is 2. The maximum absolute atomic E-state index is 12.4. The minimum atomic E-state index is -0.267. The average molecular weight is 387 g/mol. The lowest BCUT2D eigenvalue weighted by Crippen LogP contribution is -2.24. The second-order valence-corrected chi connectivity index (χ2v) is 6.45. The molecule has 2 aromatic carbocycles. The fourth-order valence-electron chi connectivity index (χ4n) is 2.31. The number of rotatable bonds is 5. The number of aryl methyl sites for hydroxylation is 1. The maximum Gasteiger partial charge on any atom is 0.270 e. The number of hydrogen-bond donors (Lipinski definition) is 2. The molecule has 0 atom stereocenters. The van der Waals surface area contributed by atoms with Crippen LogP contribution in [0.3, 0.4) is 0 Å². The predicted octanol–water partition coefficient (Wildman–Crippen LogP) is 4.77. The van der Waals surface area contributed by atoms with Crippen LogP contribution in [0.25, 0.3) is 0 Å². The molecule has 0 unspecified atom stereocenters. The molecule has 0 saturated heterocycles. The molecule has 0 spiro atoms. The highest BCUT2D eigenvalue weighted by molar-refractivity contribution is 6.42. The van der Waals surface area contributed by atoms with Gasteiger partial charge in [0.15, 0.2) is 0 Å². The molecule has 2 N–H and O–H groups in total. The predicted molar refractivity (Wildman–Crippen MR) is 104 cm³/mol. The van der Waals surface area contributed by atoms with E-state index >= 15 is 0 Å². The molecule has 3 rings (SSSR count). The zero-order chi connectivity index (χ0) is 18.5. The maximum atomic E-state index is 12.4. The summed E-state index contributed by atoms with van der Waals surface area (Å²) >= 11 is 11.9. The second-order valence-electron chi connectivity index (χ2n) is 5.64. The van der Waals surface area contributed by atoms with Crippen LogP contribution in [0, 0.1) is 6.92 Å². The van der Waals surface area contributed by atoms with Crippen molar-refractivity contribution in [1.82, 2.24) is 15.3 Å². The third-order valence-electron chi connectivity index (χ3n) is 3.56. The van der Waals surface area contributed by atoms with E-state index in [2.05, 4.69) is 20.6 Å². The molecule has 0 bridgehead atoms. The Kier molecular flexibility index (Phi) is 5.71. The van der Waals surface area contributed by atoms with E-state index in [-0.39, 0.29) is 11.6 Å². The molecule has 3 aromatic rings. The smallest absolute Gasteiger partial charge is 0.270 e. The van der Waals surface area contributed by atoms with Gasteiger partial charge in [-0.15, -0.1) is 0 Å². The number of hydrogen-bond acceptors (Lipinski definition) is 4. The van der Waals surface area contributed by atoms with Crippen LogP contribution in [-0.4, -0.2) is 15.9 Å². The van der Waals surface area contributed by atoms with Gasteiger partial charge in [0.1, 0.15) is 5.69 Å². The molecule has 0 aliphatic rings. The lowest BCUT2D eigenvalue weighted by Gasteiger charge is -2.09. The zero-order valence-electron chi connectivity index (χ0n) is 14.0. The van der Waals surface area contributed by atoms with Crippen LogP contribution < -0.4 is 10.6 Å². The summed E-state index contributed by atoms with van der Waals surface area (Å²) in [6.45, 7) is 2.23. The number of carbonyl (C=O) groups is 1. The largest absolute Gasteiger partial charge is 0.347 e. The lowest BCUT2D eigenvalue weighted by atomic mass is 10.2. The average Bonchev–Trinajstić information content (AvgIpc) is 2.63. The standard InChI is InChI=1S/C19H16Cl2N4O/c1-12-9-17(18(26)22-11-13-5-3-2-4-6-13)25-19(23-12)24-14-7-8-15(20)16(21)10-14/h2-10H,11H2,1H3,(H,22,26)(H,23,24,25). The van der Waals surface area contributed by atoms with Crippen molar-refractivity contribution in [1.29, 1.82) is 0 Å². The van der Waals surface area contributed by atoms with Gasteiger partial charge >= 0.3 is 0 Å². The number of nitrogens with zero attached hydrogens (tertiary/aromatic N) is 2. The van der Waals surface area contributed by atoms with E-state index in [0.717, 1.165) is 5.56 Å². The molecule has 7 heteroatoms. The summed E-state index contributed by atoms with van der Waals surface area (Å²) in [5.74, 6) is 0.0461. The van der Waals surface area contributed by atoms with Crippen molar-refractivity contribution < 1.29 is 4.79 Å². The van der Waals surface area contributed by atoms with Gasteiger partial charge in [-0.3, -0.25) is 4.79 Å². The van der Waals surface area contributed by atoms with Crippen LogP contribution >= 0.6 is 23.2 Å². The summed E-state index contributed by atoms with van der Waals surface area (Å²) < 4.78 is 0. The lowest BCUT2D eigenvalue weighted by molar-refractivity contribution is 0.0945. The molecule has 0 aliphatic carbocycles. The first-order valence-corrected chi connectivity index (χ1v) is 8.67. The van der Waals surface area contributed by atoms with Crippen molar-refractivity contribution in [3.05, 3.63) is 81.6 Å². The SMILES string of the molecule is Cc1cc(C(=O)NCc2ccccc2)nc(Nc2ccc(Cl)c(Cl)c2)n1. The Morgan fingerprint density at radius 3 is 2.50 bits per heavy atom. The van der Waals surface area contributed by atoms with Gasteiger partial charge < -0.3 is 10.6 Å². The van der Waals surface area contributed by atoms with Crippen molar-refractivity contribution in [2.75, 3.05) is 5.32 Å². The molecular weight excluding hydrogens is 371 g/mol. The first kappa shape index (κ1) is 18.2. The third kappa shape index (κ3) is 4.71. The molecule has 0 radical (unpaired) electrons. The van der Waals surface area contributed by atoms with E-state index in [1.165, 1.54) is 0 Å². The van der Waals surface area contributed by atoms with Crippen LogP contribution in [0.1, 0.15) is 21.7 Å². The minimum absolute atomic E-state index is 0.267. The van der Waals surface area contributed by atoms with Gasteiger partial charge in [0, 0.05) is 17.9 Å². The fraction of sp³-hybridized carbons (Fsp3) is 0.105. The van der Waals surface area contributed by atoms with Crippen molar-refractivity contribution in [3.63, 3.8) is 0 Å². The van der Waals surface area contributed by atoms with Gasteiger partial charge in [0.2, 0.25) is 5.95 Å². The van der Waals surface area contributed by atoms with Gasteiger partial charge in [-0.05, 0) is 36.8 Å². The topological polar surface area (TPSA) is 66.9 Å². The quantitative estimate of drug-likeness (QED) is 0.662. The number of amides is 1. The van der Waals surface area contributed by atoms with Crippen molar-refractivity contribution in [2.24, 2.45) is 0 Å². The van der Waals surface area contributed by atoms with Crippen molar-refractivity contribution >= 4 is 40.7 Å². The number of anilines is 2. The monoisotopic (exact) mass is 386 g/mol. The van der Waals surface area contributed by atoms with Crippen LogP contribution in [0.2, 0.25) is 10.0 Å². The van der Waals surface area contributed by atoms with E-state index in [9.17, 15) is 4.79 Å². The summed E-state index contributed by atoms with van der Waals surface area (Å²) in [5, 5.41) is 6.77. The van der Waals surface area contributed by atoms with Gasteiger partial charge in [-0.1, -0.05) is 53.5 Å². The molecule has 132 valence electrons. The van der Waals surface area contributed by atoms with Gasteiger partial charge in [0.25, 0.3) is 5.91 Å². The van der Waals surface area contributed by atoms with Crippen LogP contribution in [-0.2, 0) is 6.54 Å². The first-order valence-electron chi connectivity index (χ1n) is 7.91. The number of nitrogens with one attached hydrogen (secondary N) is 2. The number of benzene rings is 2. The van der Waals surface area contributed by atoms with Crippen molar-refractivity contribution in [2.45, 2.75) is 13.5 Å². The Hall–Kier alpha value is -2.63. The van der Waals surface area contributed by atoms with E-state index in [1.807, 2.05) is 30.3 Å². The summed E-state index contributed by atoms with van der Waals surface area (Å²) in [7, 11) is 0. The highest BCUT2D eigenvalue weighted by atomic mass is 35.5. The normalized spacial score (nSPS) is 10.4. The second kappa shape index (κ2) is 8.17. The molecule has 26 heavy (non-hydrogen) atoms. The van der Waals surface area contributed by atoms with Crippen LogP contribution in [0.5, 0.6) is 0 Å². The Morgan fingerprint density at radius 2 is 1.77 bits per heavy atom. The molecule has 0 saturated carbocycles.